The summed E-state index contributed by atoms with van der Waals surface area (Å²) in [6, 6.07) is 7.77. The number of ether oxygens (including phenoxy) is 1. The van der Waals surface area contributed by atoms with E-state index in [0.29, 0.717) is 17.4 Å². The van der Waals surface area contributed by atoms with Crippen LogP contribution in [-0.4, -0.2) is 12.6 Å². The van der Waals surface area contributed by atoms with Crippen molar-refractivity contribution in [1.29, 1.82) is 0 Å². The minimum atomic E-state index is 0.430. The first kappa shape index (κ1) is 17.1. The lowest BCUT2D eigenvalue weighted by Gasteiger charge is -2.56. The molecule has 1 saturated heterocycles. The van der Waals surface area contributed by atoms with Crippen LogP contribution in [0.2, 0.25) is 0 Å². The van der Waals surface area contributed by atoms with Gasteiger partial charge in [0.25, 0.3) is 0 Å². The van der Waals surface area contributed by atoms with Gasteiger partial charge < -0.3 is 10.1 Å². The van der Waals surface area contributed by atoms with Crippen molar-refractivity contribution in [3.8, 4) is 5.75 Å². The van der Waals surface area contributed by atoms with E-state index in [0.717, 1.165) is 11.7 Å². The minimum Gasteiger partial charge on any atom is -0.483 e. The Morgan fingerprint density at radius 1 is 1.04 bits per heavy atom. The second kappa shape index (κ2) is 6.86. The Morgan fingerprint density at radius 3 is 2.77 bits per heavy atom. The number of hydrogen-bond donors (Lipinski definition) is 1. The van der Waals surface area contributed by atoms with E-state index in [4.69, 9.17) is 4.74 Å². The molecule has 3 atom stereocenters. The number of fused-ring (bicyclic) bond motifs is 1. The third-order valence-electron chi connectivity index (χ3n) is 8.08. The van der Waals surface area contributed by atoms with Crippen molar-refractivity contribution >= 4 is 0 Å². The first-order valence-corrected chi connectivity index (χ1v) is 11.1. The summed E-state index contributed by atoms with van der Waals surface area (Å²) in [5.74, 6) is 2.61. The Morgan fingerprint density at radius 2 is 1.88 bits per heavy atom. The average Bonchev–Trinajstić information content (AvgIpc) is 2.69. The third kappa shape index (κ3) is 2.80. The van der Waals surface area contributed by atoms with Gasteiger partial charge in [-0.05, 0) is 81.2 Å². The van der Waals surface area contributed by atoms with E-state index >= 15 is 0 Å². The second-order valence-electron chi connectivity index (χ2n) is 9.39. The molecule has 2 bridgehead atoms. The van der Waals surface area contributed by atoms with Crippen LogP contribution in [0, 0.1) is 17.9 Å². The average molecular weight is 353 g/mol. The van der Waals surface area contributed by atoms with Crippen LogP contribution < -0.4 is 10.1 Å². The maximum atomic E-state index is 6.44. The van der Waals surface area contributed by atoms with Crippen LogP contribution in [0.15, 0.2) is 18.2 Å². The summed E-state index contributed by atoms with van der Waals surface area (Å²) in [5.41, 5.74) is 3.66. The molecule has 5 rings (SSSR count). The molecule has 141 valence electrons. The van der Waals surface area contributed by atoms with Crippen molar-refractivity contribution in [2.45, 2.75) is 89.0 Å². The zero-order valence-corrected chi connectivity index (χ0v) is 16.4. The standard InChI is InChI=1S/C24H34NO/c1-17(18-7-3-2-4-8-18)26-20-11-10-19-15-23-21-9-5-6-12-24(21,13-14-25-23)22(19)16-20/h10-11,16,18,21,23,25H,2-9,12-15H2,1H3/t21-,23+,24+/m0/s1. The van der Waals surface area contributed by atoms with Crippen LogP contribution in [0.5, 0.6) is 5.75 Å². The molecule has 0 spiro atoms. The van der Waals surface area contributed by atoms with Crippen LogP contribution in [0.3, 0.4) is 0 Å². The van der Waals surface area contributed by atoms with Crippen LogP contribution in [0.4, 0.5) is 0 Å². The summed E-state index contributed by atoms with van der Waals surface area (Å²) < 4.78 is 6.44. The number of nitrogens with one attached hydrogen (secondary N) is 1. The number of benzene rings is 1. The molecule has 26 heavy (non-hydrogen) atoms. The van der Waals surface area contributed by atoms with Gasteiger partial charge in [0.1, 0.15) is 11.9 Å². The lowest BCUT2D eigenvalue weighted by Crippen LogP contribution is -2.59. The molecule has 2 heteroatoms. The Hall–Kier alpha value is -1.02. The molecule has 2 nitrogen and oxygen atoms in total. The largest absolute Gasteiger partial charge is 0.483 e. The molecule has 4 aliphatic rings. The normalized spacial score (nSPS) is 34.2. The summed E-state index contributed by atoms with van der Waals surface area (Å²) >= 11 is 0. The third-order valence-corrected chi connectivity index (χ3v) is 8.08. The van der Waals surface area contributed by atoms with Gasteiger partial charge in [-0.15, -0.1) is 0 Å². The van der Waals surface area contributed by atoms with E-state index in [9.17, 15) is 0 Å². The predicted octanol–water partition coefficient (Wildman–Crippen LogP) is 5.54. The molecule has 1 heterocycles. The van der Waals surface area contributed by atoms with Crippen LogP contribution in [-0.2, 0) is 11.8 Å². The monoisotopic (exact) mass is 352 g/mol. The van der Waals surface area contributed by atoms with Gasteiger partial charge in [-0.3, -0.25) is 0 Å². The number of piperidine rings is 1. The van der Waals surface area contributed by atoms with Crippen molar-refractivity contribution in [1.82, 2.24) is 5.32 Å². The molecular formula is C24H34NO. The van der Waals surface area contributed by atoms with Crippen molar-refractivity contribution in [3.05, 3.63) is 35.4 Å². The summed E-state index contributed by atoms with van der Waals surface area (Å²) in [4.78, 5) is 0. The first-order valence-electron chi connectivity index (χ1n) is 11.1. The highest BCUT2D eigenvalue weighted by atomic mass is 16.5. The number of hydrogen-bond acceptors (Lipinski definition) is 2. The predicted molar refractivity (Wildman–Crippen MR) is 106 cm³/mol. The zero-order valence-electron chi connectivity index (χ0n) is 16.4. The molecular weight excluding hydrogens is 318 g/mol. The molecule has 0 amide bonds. The van der Waals surface area contributed by atoms with Crippen LogP contribution in [0.1, 0.15) is 82.3 Å². The van der Waals surface area contributed by atoms with E-state index < -0.39 is 0 Å². The molecule has 1 aliphatic heterocycles. The Balaban J connectivity index is 1.43. The fourth-order valence-corrected chi connectivity index (χ4v) is 6.75. The maximum absolute atomic E-state index is 6.44. The molecule has 3 aliphatic carbocycles. The quantitative estimate of drug-likeness (QED) is 0.771. The number of rotatable bonds is 3. The molecule has 1 N–H and O–H groups in total. The summed E-state index contributed by atoms with van der Waals surface area (Å²) in [7, 11) is 0. The van der Waals surface area contributed by atoms with Gasteiger partial charge >= 0.3 is 0 Å². The minimum absolute atomic E-state index is 0.430. The fourth-order valence-electron chi connectivity index (χ4n) is 6.75. The lowest BCUT2D eigenvalue weighted by molar-refractivity contribution is 0.0794. The van der Waals surface area contributed by atoms with Gasteiger partial charge in [0.15, 0.2) is 0 Å². The van der Waals surface area contributed by atoms with E-state index in [1.807, 2.05) is 0 Å². The van der Waals surface area contributed by atoms with Gasteiger partial charge in [-0.2, -0.15) is 0 Å². The molecule has 1 aromatic rings. The van der Waals surface area contributed by atoms with E-state index in [1.165, 1.54) is 83.3 Å². The van der Waals surface area contributed by atoms with Gasteiger partial charge in [0, 0.05) is 17.4 Å². The molecule has 1 radical (unpaired) electrons. The summed E-state index contributed by atoms with van der Waals surface area (Å²) in [6.07, 6.45) is 16.2. The lowest BCUT2D eigenvalue weighted by atomic mass is 9.53. The van der Waals surface area contributed by atoms with Gasteiger partial charge in [0.2, 0.25) is 0 Å². The molecule has 1 aromatic carbocycles. The maximum Gasteiger partial charge on any atom is 0.148 e. The van der Waals surface area contributed by atoms with Crippen molar-refractivity contribution in [2.75, 3.05) is 6.54 Å². The Kier molecular flexibility index (Phi) is 4.51. The van der Waals surface area contributed by atoms with E-state index in [2.05, 4.69) is 30.4 Å². The van der Waals surface area contributed by atoms with Gasteiger partial charge in [0.05, 0.1) is 0 Å². The van der Waals surface area contributed by atoms with Crippen molar-refractivity contribution in [2.24, 2.45) is 11.8 Å². The Bertz CT molecular complexity index is 646. The molecule has 3 fully saturated rings. The van der Waals surface area contributed by atoms with Gasteiger partial charge in [-0.1, -0.05) is 38.2 Å². The molecule has 0 unspecified atom stereocenters. The van der Waals surface area contributed by atoms with Crippen molar-refractivity contribution in [3.63, 3.8) is 0 Å². The van der Waals surface area contributed by atoms with E-state index in [-0.39, 0.29) is 0 Å². The summed E-state index contributed by atoms with van der Waals surface area (Å²) in [6.45, 7) is 3.41. The van der Waals surface area contributed by atoms with Crippen LogP contribution >= 0.6 is 0 Å². The van der Waals surface area contributed by atoms with Crippen molar-refractivity contribution < 1.29 is 4.74 Å². The second-order valence-corrected chi connectivity index (χ2v) is 9.39. The first-order chi connectivity index (χ1) is 12.8. The molecule has 2 saturated carbocycles. The zero-order chi connectivity index (χ0) is 17.6. The Labute approximate surface area is 159 Å². The smallest absolute Gasteiger partial charge is 0.148 e. The SMILES string of the molecule is C[C](Oc1ccc2c(c1)[C@@]13CCCC[C@H]1[C@@H](C2)NCC3)C1CCCCC1. The highest BCUT2D eigenvalue weighted by molar-refractivity contribution is 5.45. The van der Waals surface area contributed by atoms with Crippen LogP contribution in [0.25, 0.3) is 0 Å². The highest BCUT2D eigenvalue weighted by Crippen LogP contribution is 2.54. The topological polar surface area (TPSA) is 21.3 Å². The van der Waals surface area contributed by atoms with Gasteiger partial charge in [-0.25, -0.2) is 0 Å². The summed E-state index contributed by atoms with van der Waals surface area (Å²) in [5, 5.41) is 3.84. The highest BCUT2D eigenvalue weighted by Gasteiger charge is 2.51. The van der Waals surface area contributed by atoms with E-state index in [1.54, 1.807) is 11.1 Å². The molecule has 0 aromatic heterocycles. The fraction of sp³-hybridized carbons (Fsp3) is 0.708.